The fourth-order valence-electron chi connectivity index (χ4n) is 2.79. The van der Waals surface area contributed by atoms with Crippen LogP contribution >= 0.6 is 0 Å². The van der Waals surface area contributed by atoms with Crippen LogP contribution in [0.2, 0.25) is 0 Å². The van der Waals surface area contributed by atoms with E-state index in [1.165, 1.54) is 0 Å². The molecule has 3 nitrogen and oxygen atoms in total. The molecule has 1 heterocycles. The largest absolute Gasteiger partial charge is 0.497 e. The summed E-state index contributed by atoms with van der Waals surface area (Å²) >= 11 is 0. The third-order valence-electron chi connectivity index (χ3n) is 4.00. The number of carbonyl (C=O) groups excluding carboxylic acids is 1. The van der Waals surface area contributed by atoms with Gasteiger partial charge in [-0.25, -0.2) is 0 Å². The van der Waals surface area contributed by atoms with Gasteiger partial charge in [0.1, 0.15) is 11.3 Å². The number of methoxy groups -OCH3 is 1. The first kappa shape index (κ1) is 13.6. The van der Waals surface area contributed by atoms with Crippen LogP contribution in [0.4, 0.5) is 0 Å². The highest BCUT2D eigenvalue weighted by Gasteiger charge is 2.15. The SMILES string of the molecule is COc1ccc(C(=O)c2cc3c(ccc4ccccc43)o2)cc1. The molecule has 23 heavy (non-hydrogen) atoms. The average Bonchev–Trinajstić information content (AvgIpc) is 3.06. The second-order valence-electron chi connectivity index (χ2n) is 5.37. The van der Waals surface area contributed by atoms with Gasteiger partial charge in [0, 0.05) is 10.9 Å². The monoisotopic (exact) mass is 302 g/mol. The fourth-order valence-corrected chi connectivity index (χ4v) is 2.79. The quantitative estimate of drug-likeness (QED) is 0.509. The first-order valence-corrected chi connectivity index (χ1v) is 7.36. The van der Waals surface area contributed by atoms with E-state index < -0.39 is 0 Å². The number of hydrogen-bond acceptors (Lipinski definition) is 3. The van der Waals surface area contributed by atoms with Crippen LogP contribution in [0.1, 0.15) is 16.1 Å². The van der Waals surface area contributed by atoms with Crippen LogP contribution < -0.4 is 4.74 Å². The van der Waals surface area contributed by atoms with E-state index in [0.717, 1.165) is 27.5 Å². The lowest BCUT2D eigenvalue weighted by Gasteiger charge is -2.00. The maximum absolute atomic E-state index is 12.6. The molecule has 112 valence electrons. The van der Waals surface area contributed by atoms with Gasteiger partial charge in [0.2, 0.25) is 5.78 Å². The highest BCUT2D eigenvalue weighted by atomic mass is 16.5. The van der Waals surface area contributed by atoms with Crippen LogP contribution in [-0.2, 0) is 0 Å². The Labute approximate surface area is 133 Å². The minimum absolute atomic E-state index is 0.132. The molecular weight excluding hydrogens is 288 g/mol. The molecule has 0 aliphatic heterocycles. The van der Waals surface area contributed by atoms with Crippen LogP contribution in [-0.4, -0.2) is 12.9 Å². The van der Waals surface area contributed by atoms with Gasteiger partial charge >= 0.3 is 0 Å². The predicted octanol–water partition coefficient (Wildman–Crippen LogP) is 4.83. The Hall–Kier alpha value is -3.07. The van der Waals surface area contributed by atoms with Crippen molar-refractivity contribution in [1.29, 1.82) is 0 Å². The molecule has 0 spiro atoms. The highest BCUT2D eigenvalue weighted by Crippen LogP contribution is 2.29. The Bertz CT molecular complexity index is 1010. The number of carbonyl (C=O) groups is 1. The van der Waals surface area contributed by atoms with Crippen LogP contribution in [0.3, 0.4) is 0 Å². The standard InChI is InChI=1S/C20H14O3/c1-22-15-9-6-14(7-10-15)20(21)19-12-17-16-5-3-2-4-13(16)8-11-18(17)23-19/h2-12H,1H3. The molecule has 0 amide bonds. The minimum atomic E-state index is -0.132. The molecule has 3 heteroatoms. The zero-order chi connectivity index (χ0) is 15.8. The second kappa shape index (κ2) is 5.29. The zero-order valence-corrected chi connectivity index (χ0v) is 12.6. The van der Waals surface area contributed by atoms with Crippen molar-refractivity contribution in [2.45, 2.75) is 0 Å². The molecule has 0 N–H and O–H groups in total. The van der Waals surface area contributed by atoms with Crippen LogP contribution in [0.5, 0.6) is 5.75 Å². The van der Waals surface area contributed by atoms with E-state index in [9.17, 15) is 4.79 Å². The molecule has 0 unspecified atom stereocenters. The Morgan fingerprint density at radius 2 is 1.70 bits per heavy atom. The van der Waals surface area contributed by atoms with E-state index >= 15 is 0 Å². The molecule has 0 saturated heterocycles. The van der Waals surface area contributed by atoms with Crippen molar-refractivity contribution in [3.8, 4) is 5.75 Å². The van der Waals surface area contributed by atoms with Crippen molar-refractivity contribution < 1.29 is 13.9 Å². The molecule has 4 aromatic rings. The lowest BCUT2D eigenvalue weighted by atomic mass is 10.1. The van der Waals surface area contributed by atoms with Crippen molar-refractivity contribution in [2.75, 3.05) is 7.11 Å². The molecule has 4 rings (SSSR count). The van der Waals surface area contributed by atoms with Gasteiger partial charge < -0.3 is 9.15 Å². The lowest BCUT2D eigenvalue weighted by molar-refractivity contribution is 0.101. The van der Waals surface area contributed by atoms with Crippen molar-refractivity contribution >= 4 is 27.5 Å². The van der Waals surface area contributed by atoms with Crippen molar-refractivity contribution in [3.05, 3.63) is 78.1 Å². The lowest BCUT2D eigenvalue weighted by Crippen LogP contribution is -1.99. The Morgan fingerprint density at radius 3 is 2.48 bits per heavy atom. The number of rotatable bonds is 3. The number of fused-ring (bicyclic) bond motifs is 3. The summed E-state index contributed by atoms with van der Waals surface area (Å²) in [7, 11) is 1.60. The molecule has 0 saturated carbocycles. The summed E-state index contributed by atoms with van der Waals surface area (Å²) in [6, 6.07) is 20.8. The summed E-state index contributed by atoms with van der Waals surface area (Å²) in [4.78, 5) is 12.6. The molecule has 0 radical (unpaired) electrons. The number of benzene rings is 3. The van der Waals surface area contributed by atoms with E-state index in [0.29, 0.717) is 11.3 Å². The summed E-state index contributed by atoms with van der Waals surface area (Å²) < 4.78 is 10.9. The van der Waals surface area contributed by atoms with Gasteiger partial charge in [0.05, 0.1) is 7.11 Å². The summed E-state index contributed by atoms with van der Waals surface area (Å²) in [5.74, 6) is 0.937. The molecule has 1 aromatic heterocycles. The number of ether oxygens (including phenoxy) is 1. The van der Waals surface area contributed by atoms with Gasteiger partial charge in [-0.2, -0.15) is 0 Å². The molecule has 0 atom stereocenters. The highest BCUT2D eigenvalue weighted by molar-refractivity contribution is 6.13. The van der Waals surface area contributed by atoms with Crippen LogP contribution in [0.25, 0.3) is 21.7 Å². The maximum Gasteiger partial charge on any atom is 0.228 e. The third kappa shape index (κ3) is 2.27. The van der Waals surface area contributed by atoms with E-state index in [-0.39, 0.29) is 5.78 Å². The minimum Gasteiger partial charge on any atom is -0.497 e. The van der Waals surface area contributed by atoms with Gasteiger partial charge in [-0.1, -0.05) is 30.3 Å². The van der Waals surface area contributed by atoms with E-state index in [1.54, 1.807) is 31.4 Å². The van der Waals surface area contributed by atoms with Crippen LogP contribution in [0, 0.1) is 0 Å². The van der Waals surface area contributed by atoms with E-state index in [1.807, 2.05) is 42.5 Å². The maximum atomic E-state index is 12.6. The number of hydrogen-bond donors (Lipinski definition) is 0. The smallest absolute Gasteiger partial charge is 0.228 e. The first-order chi connectivity index (χ1) is 11.3. The summed E-state index contributed by atoms with van der Waals surface area (Å²) in [6.45, 7) is 0. The third-order valence-corrected chi connectivity index (χ3v) is 4.00. The topological polar surface area (TPSA) is 39.4 Å². The molecule has 0 aliphatic carbocycles. The van der Waals surface area contributed by atoms with Gasteiger partial charge in [-0.15, -0.1) is 0 Å². The summed E-state index contributed by atoms with van der Waals surface area (Å²) in [5, 5.41) is 3.17. The zero-order valence-electron chi connectivity index (χ0n) is 12.6. The van der Waals surface area contributed by atoms with Crippen molar-refractivity contribution in [1.82, 2.24) is 0 Å². The predicted molar refractivity (Wildman–Crippen MR) is 90.1 cm³/mol. The summed E-state index contributed by atoms with van der Waals surface area (Å²) in [5.41, 5.74) is 1.30. The van der Waals surface area contributed by atoms with Crippen LogP contribution in [0.15, 0.2) is 71.1 Å². The van der Waals surface area contributed by atoms with Gasteiger partial charge in [0.25, 0.3) is 0 Å². The second-order valence-corrected chi connectivity index (χ2v) is 5.37. The fraction of sp³-hybridized carbons (Fsp3) is 0.0500. The molecule has 0 aliphatic rings. The van der Waals surface area contributed by atoms with Crippen molar-refractivity contribution in [2.24, 2.45) is 0 Å². The molecular formula is C20H14O3. The van der Waals surface area contributed by atoms with Crippen molar-refractivity contribution in [3.63, 3.8) is 0 Å². The van der Waals surface area contributed by atoms with Gasteiger partial charge in [0.15, 0.2) is 5.76 Å². The molecule has 0 bridgehead atoms. The van der Waals surface area contributed by atoms with E-state index in [2.05, 4.69) is 0 Å². The Morgan fingerprint density at radius 1 is 0.913 bits per heavy atom. The number of furan rings is 1. The Kier molecular flexibility index (Phi) is 3.12. The molecule has 0 fully saturated rings. The van der Waals surface area contributed by atoms with Gasteiger partial charge in [-0.3, -0.25) is 4.79 Å². The van der Waals surface area contributed by atoms with Gasteiger partial charge in [-0.05, 0) is 47.2 Å². The Balaban J connectivity index is 1.81. The first-order valence-electron chi connectivity index (χ1n) is 7.36. The van der Waals surface area contributed by atoms with E-state index in [4.69, 9.17) is 9.15 Å². The summed E-state index contributed by atoms with van der Waals surface area (Å²) in [6.07, 6.45) is 0. The molecule has 3 aromatic carbocycles. The number of ketones is 1. The average molecular weight is 302 g/mol. The normalized spacial score (nSPS) is 11.0.